The highest BCUT2D eigenvalue weighted by Gasteiger charge is 2.16. The fraction of sp³-hybridized carbons (Fsp3) is 0.211. The third kappa shape index (κ3) is 1.97. The van der Waals surface area contributed by atoms with Gasteiger partial charge in [0.25, 0.3) is 0 Å². The van der Waals surface area contributed by atoms with Gasteiger partial charge in [0.2, 0.25) is 0 Å². The fourth-order valence-electron chi connectivity index (χ4n) is 3.14. The van der Waals surface area contributed by atoms with E-state index >= 15 is 0 Å². The van der Waals surface area contributed by atoms with Crippen molar-refractivity contribution < 1.29 is 4.39 Å². The van der Waals surface area contributed by atoms with Crippen LogP contribution in [0.15, 0.2) is 47.5 Å². The first-order valence-electron chi connectivity index (χ1n) is 7.57. The number of hydrogen-bond donors (Lipinski definition) is 0. The molecular weight excluding hydrogens is 275 g/mol. The van der Waals surface area contributed by atoms with E-state index in [4.69, 9.17) is 0 Å². The summed E-state index contributed by atoms with van der Waals surface area (Å²) >= 11 is 0. The maximum Gasteiger partial charge on any atom is 0.123 e. The molecule has 1 aliphatic heterocycles. The average molecular weight is 292 g/mol. The zero-order valence-electron chi connectivity index (χ0n) is 12.7. The van der Waals surface area contributed by atoms with Crippen LogP contribution >= 0.6 is 0 Å². The van der Waals surface area contributed by atoms with Crippen LogP contribution in [-0.2, 0) is 6.54 Å². The van der Waals surface area contributed by atoms with Gasteiger partial charge < -0.3 is 4.57 Å². The van der Waals surface area contributed by atoms with Gasteiger partial charge in [-0.3, -0.25) is 4.99 Å². The molecule has 3 aromatic rings. The molecule has 0 unspecified atom stereocenters. The lowest BCUT2D eigenvalue weighted by Crippen LogP contribution is -2.02. The second-order valence-electron chi connectivity index (χ2n) is 6.12. The molecule has 0 saturated heterocycles. The number of fused-ring (bicyclic) bond motifs is 2. The first kappa shape index (κ1) is 13.3. The van der Waals surface area contributed by atoms with E-state index in [-0.39, 0.29) is 5.82 Å². The van der Waals surface area contributed by atoms with Crippen LogP contribution in [0.3, 0.4) is 0 Å². The first-order chi connectivity index (χ1) is 10.6. The van der Waals surface area contributed by atoms with E-state index in [1.54, 1.807) is 0 Å². The van der Waals surface area contributed by atoms with Crippen molar-refractivity contribution in [3.8, 4) is 5.69 Å². The third-order valence-electron chi connectivity index (χ3n) is 4.26. The average Bonchev–Trinajstić information content (AvgIpc) is 3.09. The summed E-state index contributed by atoms with van der Waals surface area (Å²) < 4.78 is 15.5. The van der Waals surface area contributed by atoms with Crippen LogP contribution in [0.5, 0.6) is 0 Å². The van der Waals surface area contributed by atoms with Crippen molar-refractivity contribution in [1.29, 1.82) is 0 Å². The standard InChI is InChI=1S/C19H17FN2/c1-12(2)18-8-13-7-14-10-21-11-15(14)9-19(13)22(18)17-5-3-16(20)4-6-17/h3-9,11-12H,10H2,1-2H3. The second-order valence-corrected chi connectivity index (χ2v) is 6.12. The highest BCUT2D eigenvalue weighted by molar-refractivity contribution is 5.94. The van der Waals surface area contributed by atoms with Gasteiger partial charge >= 0.3 is 0 Å². The molecule has 2 aromatic carbocycles. The lowest BCUT2D eigenvalue weighted by Gasteiger charge is -2.13. The molecule has 0 aliphatic carbocycles. The van der Waals surface area contributed by atoms with Crippen LogP contribution < -0.4 is 0 Å². The predicted molar refractivity (Wildman–Crippen MR) is 88.6 cm³/mol. The van der Waals surface area contributed by atoms with E-state index in [1.807, 2.05) is 18.3 Å². The topological polar surface area (TPSA) is 17.3 Å². The van der Waals surface area contributed by atoms with Crippen LogP contribution in [-0.4, -0.2) is 10.8 Å². The lowest BCUT2D eigenvalue weighted by atomic mass is 10.1. The summed E-state index contributed by atoms with van der Waals surface area (Å²) in [4.78, 5) is 4.34. The molecule has 0 radical (unpaired) electrons. The largest absolute Gasteiger partial charge is 0.313 e. The van der Waals surface area contributed by atoms with E-state index in [2.05, 4.69) is 41.6 Å². The fourth-order valence-corrected chi connectivity index (χ4v) is 3.14. The summed E-state index contributed by atoms with van der Waals surface area (Å²) in [6.45, 7) is 5.14. The number of aromatic nitrogens is 1. The number of nitrogens with zero attached hydrogens (tertiary/aromatic N) is 2. The molecule has 0 spiro atoms. The molecule has 2 heterocycles. The van der Waals surface area contributed by atoms with Crippen molar-refractivity contribution >= 4 is 17.1 Å². The summed E-state index contributed by atoms with van der Waals surface area (Å²) in [5.41, 5.74) is 5.85. The minimum absolute atomic E-state index is 0.209. The molecule has 22 heavy (non-hydrogen) atoms. The molecule has 4 rings (SSSR count). The normalized spacial score (nSPS) is 13.3. The Balaban J connectivity index is 2.03. The SMILES string of the molecule is CC(C)c1cc2cc3c(cc2n1-c1ccc(F)cc1)C=NC3. The Hall–Kier alpha value is -2.42. The Morgan fingerprint density at radius 3 is 2.59 bits per heavy atom. The number of rotatable bonds is 2. The minimum atomic E-state index is -0.209. The monoisotopic (exact) mass is 292 g/mol. The van der Waals surface area contributed by atoms with Crippen LogP contribution in [0.2, 0.25) is 0 Å². The van der Waals surface area contributed by atoms with Crippen molar-refractivity contribution in [3.05, 3.63) is 65.1 Å². The van der Waals surface area contributed by atoms with E-state index < -0.39 is 0 Å². The van der Waals surface area contributed by atoms with Gasteiger partial charge in [-0.15, -0.1) is 0 Å². The molecule has 0 saturated carbocycles. The maximum atomic E-state index is 13.3. The van der Waals surface area contributed by atoms with Crippen molar-refractivity contribution in [2.75, 3.05) is 0 Å². The molecule has 1 aromatic heterocycles. The van der Waals surface area contributed by atoms with Crippen molar-refractivity contribution in [2.45, 2.75) is 26.3 Å². The van der Waals surface area contributed by atoms with Gasteiger partial charge in [-0.05, 0) is 59.5 Å². The zero-order chi connectivity index (χ0) is 15.3. The van der Waals surface area contributed by atoms with Crippen molar-refractivity contribution in [1.82, 2.24) is 4.57 Å². The second kappa shape index (κ2) is 4.80. The molecule has 1 aliphatic rings. The third-order valence-corrected chi connectivity index (χ3v) is 4.26. The van der Waals surface area contributed by atoms with Gasteiger partial charge in [-0.1, -0.05) is 13.8 Å². The molecular formula is C19H17FN2. The Kier molecular flexibility index (Phi) is 2.89. The zero-order valence-corrected chi connectivity index (χ0v) is 12.7. The van der Waals surface area contributed by atoms with E-state index in [0.717, 1.165) is 17.7 Å². The van der Waals surface area contributed by atoms with Gasteiger partial charge in [-0.25, -0.2) is 4.39 Å². The maximum absolute atomic E-state index is 13.3. The molecule has 0 atom stereocenters. The highest BCUT2D eigenvalue weighted by Crippen LogP contribution is 2.32. The molecule has 0 bridgehead atoms. The molecule has 0 N–H and O–H groups in total. The summed E-state index contributed by atoms with van der Waals surface area (Å²) in [6.07, 6.45) is 1.94. The van der Waals surface area contributed by atoms with Crippen molar-refractivity contribution in [3.63, 3.8) is 0 Å². The van der Waals surface area contributed by atoms with Crippen molar-refractivity contribution in [2.24, 2.45) is 4.99 Å². The smallest absolute Gasteiger partial charge is 0.123 e. The number of aliphatic imine (C=N–C) groups is 1. The lowest BCUT2D eigenvalue weighted by molar-refractivity contribution is 0.627. The highest BCUT2D eigenvalue weighted by atomic mass is 19.1. The van der Waals surface area contributed by atoms with E-state index in [1.165, 1.54) is 34.3 Å². The van der Waals surface area contributed by atoms with E-state index in [9.17, 15) is 4.39 Å². The molecule has 110 valence electrons. The van der Waals surface area contributed by atoms with Gasteiger partial charge in [0.15, 0.2) is 0 Å². The predicted octanol–water partition coefficient (Wildman–Crippen LogP) is 4.83. The summed E-state index contributed by atoms with van der Waals surface area (Å²) in [5.74, 6) is 0.181. The Morgan fingerprint density at radius 1 is 1.09 bits per heavy atom. The molecule has 0 fully saturated rings. The van der Waals surface area contributed by atoms with Gasteiger partial charge in [-0.2, -0.15) is 0 Å². The number of halogens is 1. The Bertz CT molecular complexity index is 886. The van der Waals surface area contributed by atoms with Crippen LogP contribution in [0, 0.1) is 5.82 Å². The Morgan fingerprint density at radius 2 is 1.86 bits per heavy atom. The number of hydrogen-bond acceptors (Lipinski definition) is 1. The molecule has 3 heteroatoms. The summed E-state index contributed by atoms with van der Waals surface area (Å²) in [7, 11) is 0. The Labute approximate surface area is 128 Å². The number of benzene rings is 2. The first-order valence-corrected chi connectivity index (χ1v) is 7.57. The van der Waals surface area contributed by atoms with Gasteiger partial charge in [0.05, 0.1) is 12.1 Å². The van der Waals surface area contributed by atoms with Crippen LogP contribution in [0.25, 0.3) is 16.6 Å². The van der Waals surface area contributed by atoms with E-state index in [0.29, 0.717) is 5.92 Å². The minimum Gasteiger partial charge on any atom is -0.313 e. The van der Waals surface area contributed by atoms with Gasteiger partial charge in [0.1, 0.15) is 5.82 Å². The van der Waals surface area contributed by atoms with Crippen LogP contribution in [0.4, 0.5) is 4.39 Å². The molecule has 0 amide bonds. The summed E-state index contributed by atoms with van der Waals surface area (Å²) in [5, 5.41) is 1.22. The molecule has 2 nitrogen and oxygen atoms in total. The van der Waals surface area contributed by atoms with Crippen LogP contribution in [0.1, 0.15) is 36.6 Å². The van der Waals surface area contributed by atoms with Gasteiger partial charge in [0, 0.05) is 23.0 Å². The quantitative estimate of drug-likeness (QED) is 0.644. The summed E-state index contributed by atoms with van der Waals surface area (Å²) in [6, 6.07) is 13.4.